The van der Waals surface area contributed by atoms with Gasteiger partial charge in [-0.3, -0.25) is 14.8 Å². The van der Waals surface area contributed by atoms with Crippen molar-refractivity contribution in [3.63, 3.8) is 0 Å². The Morgan fingerprint density at radius 2 is 1.95 bits per heavy atom. The molecule has 0 aromatic carbocycles. The minimum Gasteiger partial charge on any atom is -0.485 e. The van der Waals surface area contributed by atoms with Gasteiger partial charge < -0.3 is 10.5 Å². The standard InChI is InChI=1S/C24H26F5N5O3S/c1-22(2)21(30)34-23(3,18-8-9-32-38(18,22)36)19-15(25)6-4-13(33-19)10-17(35)16-7-5-14(11-31-16)37-12-24(28,29)20(26)27/h4-7,11,18,20H,8-10,12H2,1-3H3,(H2,30,34)/t18-,23+,38-/m1/s1. The Morgan fingerprint density at radius 1 is 1.24 bits per heavy atom. The van der Waals surface area contributed by atoms with Crippen molar-refractivity contribution in [1.82, 2.24) is 9.97 Å². The Morgan fingerprint density at radius 3 is 2.58 bits per heavy atom. The zero-order valence-electron chi connectivity index (χ0n) is 20.8. The number of nitrogens with two attached hydrogens (primary N) is 1. The number of aromatic nitrogens is 2. The highest BCUT2D eigenvalue weighted by atomic mass is 32.2. The van der Waals surface area contributed by atoms with E-state index in [9.17, 15) is 26.6 Å². The third-order valence-electron chi connectivity index (χ3n) is 6.89. The van der Waals surface area contributed by atoms with Gasteiger partial charge in [-0.15, -0.1) is 0 Å². The maximum Gasteiger partial charge on any atom is 0.340 e. The molecule has 4 rings (SSSR count). The van der Waals surface area contributed by atoms with Crippen molar-refractivity contribution in [1.29, 1.82) is 0 Å². The highest BCUT2D eigenvalue weighted by molar-refractivity contribution is 7.96. The highest BCUT2D eigenvalue weighted by Crippen LogP contribution is 2.47. The zero-order valence-corrected chi connectivity index (χ0v) is 21.6. The Kier molecular flexibility index (Phi) is 7.00. The minimum absolute atomic E-state index is 0.0730. The van der Waals surface area contributed by atoms with Gasteiger partial charge >= 0.3 is 12.3 Å². The van der Waals surface area contributed by atoms with Crippen LogP contribution in [0.1, 0.15) is 49.1 Å². The van der Waals surface area contributed by atoms with Gasteiger partial charge in [0, 0.05) is 12.2 Å². The van der Waals surface area contributed by atoms with Crippen molar-refractivity contribution in [3.8, 4) is 5.75 Å². The van der Waals surface area contributed by atoms with Gasteiger partial charge in [0.25, 0.3) is 0 Å². The first-order valence-electron chi connectivity index (χ1n) is 11.6. The van der Waals surface area contributed by atoms with Crippen molar-refractivity contribution < 1.29 is 35.7 Å². The molecule has 0 bridgehead atoms. The summed E-state index contributed by atoms with van der Waals surface area (Å²) < 4.78 is 87.6. The number of carbonyl (C=O) groups is 1. The van der Waals surface area contributed by atoms with E-state index in [0.29, 0.717) is 13.0 Å². The van der Waals surface area contributed by atoms with Crippen LogP contribution in [-0.2, 0) is 21.7 Å². The summed E-state index contributed by atoms with van der Waals surface area (Å²) in [6, 6.07) is 4.80. The predicted octanol–water partition coefficient (Wildman–Crippen LogP) is 3.93. The van der Waals surface area contributed by atoms with Gasteiger partial charge in [-0.05, 0) is 51.5 Å². The lowest BCUT2D eigenvalue weighted by molar-refractivity contribution is -0.148. The van der Waals surface area contributed by atoms with Crippen LogP contribution in [0.3, 0.4) is 0 Å². The number of Topliss-reactive ketones (excluding diaryl/α,β-unsaturated/α-hetero) is 1. The summed E-state index contributed by atoms with van der Waals surface area (Å²) in [4.78, 5) is 25.6. The number of fused-ring (bicyclic) bond motifs is 1. The van der Waals surface area contributed by atoms with Gasteiger partial charge in [0.15, 0.2) is 12.4 Å². The lowest BCUT2D eigenvalue weighted by atomic mass is 9.89. The predicted molar refractivity (Wildman–Crippen MR) is 130 cm³/mol. The summed E-state index contributed by atoms with van der Waals surface area (Å²) in [5.41, 5.74) is 4.82. The van der Waals surface area contributed by atoms with Crippen LogP contribution in [0.25, 0.3) is 0 Å². The number of pyridine rings is 2. The normalized spacial score (nSPS) is 26.4. The summed E-state index contributed by atoms with van der Waals surface area (Å²) in [6.45, 7) is 3.76. The van der Waals surface area contributed by atoms with Gasteiger partial charge in [-0.1, -0.05) is 0 Å². The summed E-state index contributed by atoms with van der Waals surface area (Å²) in [5, 5.41) is -0.642. The molecule has 3 atom stereocenters. The Hall–Kier alpha value is -3.16. The number of carbonyl (C=O) groups excluding carboxylic acids is 1. The number of amidine groups is 1. The summed E-state index contributed by atoms with van der Waals surface area (Å²) in [7, 11) is -2.91. The molecule has 2 aromatic heterocycles. The first-order valence-corrected chi connectivity index (χ1v) is 13.2. The maximum absolute atomic E-state index is 15.1. The fourth-order valence-corrected chi connectivity index (χ4v) is 7.69. The summed E-state index contributed by atoms with van der Waals surface area (Å²) in [5.74, 6) is -5.71. The number of ketones is 1. The lowest BCUT2D eigenvalue weighted by Crippen LogP contribution is -2.58. The second-order valence-corrected chi connectivity index (χ2v) is 12.8. The molecule has 0 saturated heterocycles. The Labute approximate surface area is 216 Å². The molecule has 8 nitrogen and oxygen atoms in total. The van der Waals surface area contributed by atoms with E-state index in [4.69, 9.17) is 5.73 Å². The Bertz CT molecular complexity index is 1410. The van der Waals surface area contributed by atoms with E-state index in [0.717, 1.165) is 18.3 Å². The van der Waals surface area contributed by atoms with E-state index in [2.05, 4.69) is 24.1 Å². The molecule has 0 unspecified atom stereocenters. The quantitative estimate of drug-likeness (QED) is 0.387. The van der Waals surface area contributed by atoms with Crippen molar-refractivity contribution >= 4 is 21.3 Å². The number of halogens is 5. The van der Waals surface area contributed by atoms with Crippen LogP contribution in [0.15, 0.2) is 39.8 Å². The summed E-state index contributed by atoms with van der Waals surface area (Å²) >= 11 is 0. The second kappa shape index (κ2) is 9.54. The first kappa shape index (κ1) is 27.9. The molecule has 2 aromatic rings. The molecular formula is C24H26F5N5O3S. The highest BCUT2D eigenvalue weighted by Gasteiger charge is 2.57. The number of hydrogen-bond donors (Lipinski definition) is 1. The molecule has 2 aliphatic rings. The SMILES string of the molecule is CC1(C)C(N)=N[C@](C)(c2nc(CC(=O)c3ccc(OCC(F)(F)C(F)F)cn3)ccc2F)[C@H]2CCN=[S@@]21=O. The first-order chi connectivity index (χ1) is 17.6. The second-order valence-electron chi connectivity index (χ2n) is 9.82. The van der Waals surface area contributed by atoms with Crippen LogP contribution in [0, 0.1) is 5.82 Å². The number of rotatable bonds is 8. The molecule has 0 aliphatic carbocycles. The fourth-order valence-electron chi connectivity index (χ4n) is 4.54. The molecule has 0 radical (unpaired) electrons. The van der Waals surface area contributed by atoms with Crippen molar-refractivity contribution in [3.05, 3.63) is 53.4 Å². The molecule has 0 fully saturated rings. The van der Waals surface area contributed by atoms with Gasteiger partial charge in [-0.2, -0.15) is 8.78 Å². The molecule has 4 heterocycles. The van der Waals surface area contributed by atoms with Gasteiger partial charge in [0.05, 0.1) is 27.6 Å². The monoisotopic (exact) mass is 559 g/mol. The summed E-state index contributed by atoms with van der Waals surface area (Å²) in [6.07, 6.45) is -2.82. The van der Waals surface area contributed by atoms with E-state index in [1.165, 1.54) is 12.1 Å². The van der Waals surface area contributed by atoms with Crippen LogP contribution in [0.5, 0.6) is 5.75 Å². The zero-order chi connectivity index (χ0) is 28.1. The van der Waals surface area contributed by atoms with Crippen LogP contribution in [-0.4, -0.2) is 61.3 Å². The molecule has 206 valence electrons. The molecule has 0 spiro atoms. The smallest absolute Gasteiger partial charge is 0.340 e. The van der Waals surface area contributed by atoms with Crippen molar-refractivity contribution in [2.24, 2.45) is 15.1 Å². The van der Waals surface area contributed by atoms with Crippen LogP contribution >= 0.6 is 0 Å². The number of ether oxygens (including phenoxy) is 1. The van der Waals surface area contributed by atoms with Crippen molar-refractivity contribution in [2.45, 2.75) is 61.5 Å². The van der Waals surface area contributed by atoms with E-state index >= 15 is 4.39 Å². The molecular weight excluding hydrogens is 533 g/mol. The van der Waals surface area contributed by atoms with Gasteiger partial charge in [0.1, 0.15) is 39.1 Å². The van der Waals surface area contributed by atoms with E-state index in [1.807, 2.05) is 0 Å². The molecule has 14 heteroatoms. The topological polar surface area (TPSA) is 120 Å². The average molecular weight is 560 g/mol. The number of alkyl halides is 4. The van der Waals surface area contributed by atoms with Gasteiger partial charge in [0.2, 0.25) is 0 Å². The van der Waals surface area contributed by atoms with Crippen LogP contribution in [0.2, 0.25) is 0 Å². The van der Waals surface area contributed by atoms with E-state index in [-0.39, 0.29) is 35.1 Å². The van der Waals surface area contributed by atoms with E-state index < -0.39 is 55.8 Å². The largest absolute Gasteiger partial charge is 0.485 e. The average Bonchev–Trinajstić information content (AvgIpc) is 3.28. The minimum atomic E-state index is -4.33. The molecule has 2 N–H and O–H groups in total. The number of nitrogens with zero attached hydrogens (tertiary/aromatic N) is 4. The molecule has 0 saturated carbocycles. The van der Waals surface area contributed by atoms with Crippen LogP contribution in [0.4, 0.5) is 22.0 Å². The van der Waals surface area contributed by atoms with Crippen LogP contribution < -0.4 is 10.5 Å². The van der Waals surface area contributed by atoms with Crippen molar-refractivity contribution in [2.75, 3.05) is 13.2 Å². The van der Waals surface area contributed by atoms with Gasteiger partial charge in [-0.25, -0.2) is 26.7 Å². The number of aliphatic imine (C=N–C) groups is 1. The Balaban J connectivity index is 1.57. The third-order valence-corrected chi connectivity index (χ3v) is 10.6. The lowest BCUT2D eigenvalue weighted by Gasteiger charge is -2.44. The molecule has 38 heavy (non-hydrogen) atoms. The maximum atomic E-state index is 15.1. The number of hydrogen-bond acceptors (Lipinski definition) is 8. The third kappa shape index (κ3) is 4.63. The fraction of sp³-hybridized carbons (Fsp3) is 0.500. The molecule has 2 aliphatic heterocycles. The molecule has 0 amide bonds. The van der Waals surface area contributed by atoms with E-state index in [1.54, 1.807) is 20.8 Å².